The highest BCUT2D eigenvalue weighted by atomic mass is 32.1. The molecule has 0 atom stereocenters. The number of fused-ring (bicyclic) bond motifs is 2. The Bertz CT molecular complexity index is 1320. The quantitative estimate of drug-likeness (QED) is 0.483. The van der Waals surface area contributed by atoms with Gasteiger partial charge in [0, 0.05) is 29.4 Å². The minimum atomic E-state index is -0.297. The largest absolute Gasteiger partial charge is 0.397 e. The molecular weight excluding hydrogens is 410 g/mol. The summed E-state index contributed by atoms with van der Waals surface area (Å²) in [5.74, 6) is -0.366. The Balaban J connectivity index is 1.33. The number of nitrogens with zero attached hydrogens (tertiary/aromatic N) is 3. The normalized spacial score (nSPS) is 13.1. The van der Waals surface area contributed by atoms with Crippen molar-refractivity contribution in [1.82, 2.24) is 14.9 Å². The second kappa shape index (κ2) is 7.81. The van der Waals surface area contributed by atoms with Gasteiger partial charge in [-0.2, -0.15) is 0 Å². The summed E-state index contributed by atoms with van der Waals surface area (Å²) in [6.07, 6.45) is 2.23. The minimum Gasteiger partial charge on any atom is -0.397 e. The van der Waals surface area contributed by atoms with Crippen LogP contribution in [0.25, 0.3) is 10.9 Å². The van der Waals surface area contributed by atoms with Crippen LogP contribution in [0.2, 0.25) is 0 Å². The third kappa shape index (κ3) is 3.73. The number of amides is 2. The molecule has 0 saturated heterocycles. The standard InChI is InChI=1S/C23H19N5O2S/c24-16-6-2-4-8-18(16)26-21(29)22-27-19-9-10-28(13-20(19)31-22)23(30)15-11-14-5-1-3-7-17(14)25-12-15/h1-8,11-12H,9-10,13,24H2,(H,26,29). The third-order valence-electron chi connectivity index (χ3n) is 5.26. The zero-order valence-corrected chi connectivity index (χ0v) is 17.4. The Hall–Kier alpha value is -3.78. The van der Waals surface area contributed by atoms with E-state index >= 15 is 0 Å². The molecule has 5 rings (SSSR count). The van der Waals surface area contributed by atoms with Gasteiger partial charge in [0.25, 0.3) is 11.8 Å². The predicted molar refractivity (Wildman–Crippen MR) is 121 cm³/mol. The summed E-state index contributed by atoms with van der Waals surface area (Å²) in [4.78, 5) is 37.3. The van der Waals surface area contributed by atoms with E-state index in [0.29, 0.717) is 41.5 Å². The zero-order valence-electron chi connectivity index (χ0n) is 16.5. The number of thiazole rings is 1. The van der Waals surface area contributed by atoms with Crippen molar-refractivity contribution in [1.29, 1.82) is 0 Å². The van der Waals surface area contributed by atoms with Crippen molar-refractivity contribution in [3.63, 3.8) is 0 Å². The average Bonchev–Trinajstić information content (AvgIpc) is 3.23. The van der Waals surface area contributed by atoms with E-state index in [-0.39, 0.29) is 11.8 Å². The Morgan fingerprint density at radius 2 is 1.90 bits per heavy atom. The first-order valence-electron chi connectivity index (χ1n) is 9.87. The van der Waals surface area contributed by atoms with Crippen molar-refractivity contribution in [2.75, 3.05) is 17.6 Å². The monoisotopic (exact) mass is 429 g/mol. The lowest BCUT2D eigenvalue weighted by molar-refractivity contribution is 0.0735. The Kier molecular flexibility index (Phi) is 4.83. The lowest BCUT2D eigenvalue weighted by atomic mass is 10.1. The van der Waals surface area contributed by atoms with Crippen molar-refractivity contribution in [3.8, 4) is 0 Å². The highest BCUT2D eigenvalue weighted by Gasteiger charge is 2.27. The Labute approximate surface area is 182 Å². The number of anilines is 2. The van der Waals surface area contributed by atoms with Gasteiger partial charge >= 0.3 is 0 Å². The lowest BCUT2D eigenvalue weighted by Crippen LogP contribution is -2.35. The van der Waals surface area contributed by atoms with E-state index in [1.807, 2.05) is 42.5 Å². The summed E-state index contributed by atoms with van der Waals surface area (Å²) < 4.78 is 0. The maximum atomic E-state index is 13.0. The molecule has 0 radical (unpaired) electrons. The van der Waals surface area contributed by atoms with Crippen LogP contribution in [-0.4, -0.2) is 33.2 Å². The Morgan fingerprint density at radius 1 is 1.10 bits per heavy atom. The summed E-state index contributed by atoms with van der Waals surface area (Å²) >= 11 is 1.31. The van der Waals surface area contributed by atoms with Gasteiger partial charge < -0.3 is 16.0 Å². The summed E-state index contributed by atoms with van der Waals surface area (Å²) in [6.45, 7) is 0.981. The summed E-state index contributed by atoms with van der Waals surface area (Å²) in [7, 11) is 0. The summed E-state index contributed by atoms with van der Waals surface area (Å²) in [5.41, 5.74) is 9.25. The predicted octanol–water partition coefficient (Wildman–Crippen LogP) is 3.72. The first kappa shape index (κ1) is 19.2. The Morgan fingerprint density at radius 3 is 2.77 bits per heavy atom. The topological polar surface area (TPSA) is 101 Å². The molecule has 0 aliphatic carbocycles. The first-order valence-corrected chi connectivity index (χ1v) is 10.7. The van der Waals surface area contributed by atoms with E-state index in [9.17, 15) is 9.59 Å². The van der Waals surface area contributed by atoms with Crippen molar-refractivity contribution in [2.45, 2.75) is 13.0 Å². The van der Waals surface area contributed by atoms with E-state index in [1.54, 1.807) is 23.2 Å². The van der Waals surface area contributed by atoms with Crippen LogP contribution in [0.15, 0.2) is 60.8 Å². The van der Waals surface area contributed by atoms with Crippen LogP contribution in [0.4, 0.5) is 11.4 Å². The molecule has 3 heterocycles. The SMILES string of the molecule is Nc1ccccc1NC(=O)c1nc2c(s1)CN(C(=O)c1cnc3ccccc3c1)CC2. The van der Waals surface area contributed by atoms with Crippen LogP contribution in [0.1, 0.15) is 30.7 Å². The number of nitrogens with two attached hydrogens (primary N) is 1. The number of nitrogen functional groups attached to an aromatic ring is 1. The van der Waals surface area contributed by atoms with E-state index in [4.69, 9.17) is 5.73 Å². The molecule has 0 unspecified atom stereocenters. The molecule has 31 heavy (non-hydrogen) atoms. The van der Waals surface area contributed by atoms with E-state index < -0.39 is 0 Å². The van der Waals surface area contributed by atoms with Gasteiger partial charge in [0.05, 0.1) is 34.7 Å². The fraction of sp³-hybridized carbons (Fsp3) is 0.130. The van der Waals surface area contributed by atoms with Crippen LogP contribution < -0.4 is 11.1 Å². The van der Waals surface area contributed by atoms with Gasteiger partial charge in [-0.05, 0) is 24.3 Å². The van der Waals surface area contributed by atoms with Crippen molar-refractivity contribution in [2.24, 2.45) is 0 Å². The van der Waals surface area contributed by atoms with Gasteiger partial charge in [-0.1, -0.05) is 30.3 Å². The molecule has 0 spiro atoms. The number of carbonyl (C=O) groups is 2. The molecule has 154 valence electrons. The first-order chi connectivity index (χ1) is 15.1. The van der Waals surface area contributed by atoms with E-state index in [2.05, 4.69) is 15.3 Å². The highest BCUT2D eigenvalue weighted by molar-refractivity contribution is 7.13. The molecule has 7 nitrogen and oxygen atoms in total. The van der Waals surface area contributed by atoms with Gasteiger partial charge in [-0.15, -0.1) is 11.3 Å². The number of hydrogen-bond acceptors (Lipinski definition) is 6. The number of nitrogens with one attached hydrogen (secondary N) is 1. The second-order valence-electron chi connectivity index (χ2n) is 7.32. The molecule has 2 amide bonds. The molecule has 2 aromatic heterocycles. The number of para-hydroxylation sites is 3. The summed E-state index contributed by atoms with van der Waals surface area (Å²) in [6, 6.07) is 16.7. The van der Waals surface area contributed by atoms with Crippen molar-refractivity contribution >= 4 is 45.4 Å². The van der Waals surface area contributed by atoms with Gasteiger partial charge in [-0.3, -0.25) is 14.6 Å². The summed E-state index contributed by atoms with van der Waals surface area (Å²) in [5, 5.41) is 4.11. The number of rotatable bonds is 3. The second-order valence-corrected chi connectivity index (χ2v) is 8.41. The van der Waals surface area contributed by atoms with Crippen LogP contribution >= 0.6 is 11.3 Å². The number of pyridine rings is 1. The van der Waals surface area contributed by atoms with Crippen molar-refractivity contribution < 1.29 is 9.59 Å². The van der Waals surface area contributed by atoms with Gasteiger partial charge in [0.1, 0.15) is 0 Å². The van der Waals surface area contributed by atoms with Gasteiger partial charge in [0.15, 0.2) is 5.01 Å². The highest BCUT2D eigenvalue weighted by Crippen LogP contribution is 2.28. The lowest BCUT2D eigenvalue weighted by Gasteiger charge is -2.26. The maximum Gasteiger partial charge on any atom is 0.284 e. The third-order valence-corrected chi connectivity index (χ3v) is 6.34. The van der Waals surface area contributed by atoms with Crippen LogP contribution in [0.5, 0.6) is 0 Å². The molecule has 1 aliphatic heterocycles. The molecule has 0 fully saturated rings. The minimum absolute atomic E-state index is 0.0691. The van der Waals surface area contributed by atoms with Gasteiger partial charge in [0.2, 0.25) is 0 Å². The van der Waals surface area contributed by atoms with Crippen LogP contribution in [0, 0.1) is 0 Å². The van der Waals surface area contributed by atoms with Crippen LogP contribution in [0.3, 0.4) is 0 Å². The van der Waals surface area contributed by atoms with Crippen molar-refractivity contribution in [3.05, 3.63) is 81.9 Å². The number of benzene rings is 2. The smallest absolute Gasteiger partial charge is 0.284 e. The maximum absolute atomic E-state index is 13.0. The molecule has 0 saturated carbocycles. The molecule has 2 aromatic carbocycles. The molecule has 3 N–H and O–H groups in total. The van der Waals surface area contributed by atoms with E-state index in [0.717, 1.165) is 21.5 Å². The average molecular weight is 430 g/mol. The number of hydrogen-bond donors (Lipinski definition) is 2. The molecule has 0 bridgehead atoms. The number of carbonyl (C=O) groups excluding carboxylic acids is 2. The number of aromatic nitrogens is 2. The molecule has 4 aromatic rings. The molecule has 8 heteroatoms. The fourth-order valence-electron chi connectivity index (χ4n) is 3.62. The zero-order chi connectivity index (χ0) is 21.4. The molecular formula is C23H19N5O2S. The molecule has 1 aliphatic rings. The fourth-order valence-corrected chi connectivity index (χ4v) is 4.64. The van der Waals surface area contributed by atoms with E-state index in [1.165, 1.54) is 11.3 Å². The van der Waals surface area contributed by atoms with Gasteiger partial charge in [-0.25, -0.2) is 4.98 Å². The van der Waals surface area contributed by atoms with Crippen LogP contribution in [-0.2, 0) is 13.0 Å².